The normalized spacial score (nSPS) is 17.7. The molecule has 3 aliphatic heterocycles. The van der Waals surface area contributed by atoms with Crippen molar-refractivity contribution in [1.29, 1.82) is 0 Å². The Morgan fingerprint density at radius 2 is 1.24 bits per heavy atom. The molecule has 4 nitrogen and oxygen atoms in total. The van der Waals surface area contributed by atoms with Crippen LogP contribution in [0.25, 0.3) is 55.0 Å². The van der Waals surface area contributed by atoms with E-state index in [0.717, 1.165) is 50.3 Å². The molecule has 0 fully saturated rings. The van der Waals surface area contributed by atoms with Gasteiger partial charge in [0, 0.05) is 55.5 Å². The number of nitrogens with zero attached hydrogens (tertiary/aromatic N) is 2. The Balaban J connectivity index is 1.25. The second-order valence-corrected chi connectivity index (χ2v) is 19.1. The summed E-state index contributed by atoms with van der Waals surface area (Å²) in [6, 6.07) is 47.5. The molecule has 0 spiro atoms. The monoisotopic (exact) mass is 750 g/mol. The van der Waals surface area contributed by atoms with Crippen molar-refractivity contribution in [2.24, 2.45) is 0 Å². The predicted molar refractivity (Wildman–Crippen MR) is 242 cm³/mol. The average molecular weight is 751 g/mol. The van der Waals surface area contributed by atoms with Gasteiger partial charge >= 0.3 is 6.85 Å². The van der Waals surface area contributed by atoms with Gasteiger partial charge in [-0.25, -0.2) is 0 Å². The van der Waals surface area contributed by atoms with Gasteiger partial charge in [-0.2, -0.15) is 0 Å². The molecule has 5 heterocycles. The molecule has 4 aliphatic rings. The van der Waals surface area contributed by atoms with E-state index in [1.807, 2.05) is 0 Å². The van der Waals surface area contributed by atoms with Crippen LogP contribution in [0.5, 0.6) is 0 Å². The number of furan rings is 2. The van der Waals surface area contributed by atoms with Crippen LogP contribution in [0.15, 0.2) is 136 Å². The Bertz CT molecular complexity index is 3310. The maximum absolute atomic E-state index is 7.06. The van der Waals surface area contributed by atoms with Crippen LogP contribution in [0, 0.1) is 0 Å². The van der Waals surface area contributed by atoms with Gasteiger partial charge in [-0.05, 0) is 105 Å². The van der Waals surface area contributed by atoms with Gasteiger partial charge in [0.05, 0.1) is 11.1 Å². The number of rotatable bonds is 1. The summed E-state index contributed by atoms with van der Waals surface area (Å²) in [5.41, 5.74) is 20.2. The van der Waals surface area contributed by atoms with Crippen LogP contribution in [0.4, 0.5) is 28.4 Å². The number of hydrogen-bond acceptors (Lipinski definition) is 4. The van der Waals surface area contributed by atoms with E-state index in [0.29, 0.717) is 0 Å². The first-order valence-corrected chi connectivity index (χ1v) is 20.9. The molecule has 0 unspecified atom stereocenters. The van der Waals surface area contributed by atoms with Gasteiger partial charge in [-0.15, -0.1) is 0 Å². The van der Waals surface area contributed by atoms with E-state index in [1.54, 1.807) is 0 Å². The maximum atomic E-state index is 7.06. The molecule has 58 heavy (non-hydrogen) atoms. The Kier molecular flexibility index (Phi) is 6.03. The largest absolute Gasteiger partial charge is 0.456 e. The van der Waals surface area contributed by atoms with Gasteiger partial charge in [0.15, 0.2) is 0 Å². The van der Waals surface area contributed by atoms with E-state index in [9.17, 15) is 0 Å². The smallest absolute Gasteiger partial charge is 0.333 e. The summed E-state index contributed by atoms with van der Waals surface area (Å²) >= 11 is 0. The molecule has 13 rings (SSSR count). The first-order chi connectivity index (χ1) is 28.0. The van der Waals surface area contributed by atoms with Crippen LogP contribution < -0.4 is 20.6 Å². The highest BCUT2D eigenvalue weighted by molar-refractivity contribution is 6.94. The molecule has 9 aromatic rings. The van der Waals surface area contributed by atoms with Gasteiger partial charge < -0.3 is 18.5 Å². The quantitative estimate of drug-likeness (QED) is 0.156. The summed E-state index contributed by atoms with van der Waals surface area (Å²) in [6.45, 7) is 14.4. The standard InChI is InChI=1S/C53H43BN2O2/c1-51(2)26-27-52(3,4)38-28-30(22-24-35(38)51)56-48-33(23-25-44-45(48)32-15-8-12-21-43(32)57-44)46-47-41(29-34-31-14-7-11-20-42(31)58-50(34)46)55-40-19-10-9-16-36(40)53(5,6)37-17-13-18-39(49(37)55)54(47)56/h7-25,28-29H,26-27H2,1-6H3. The van der Waals surface area contributed by atoms with Gasteiger partial charge in [-0.3, -0.25) is 0 Å². The van der Waals surface area contributed by atoms with Crippen LogP contribution in [-0.2, 0) is 16.2 Å². The zero-order valence-electron chi connectivity index (χ0n) is 33.8. The summed E-state index contributed by atoms with van der Waals surface area (Å²) in [7, 11) is 0. The highest BCUT2D eigenvalue weighted by atomic mass is 16.3. The van der Waals surface area contributed by atoms with Crippen LogP contribution in [-0.4, -0.2) is 6.85 Å². The van der Waals surface area contributed by atoms with E-state index in [-0.39, 0.29) is 23.1 Å². The van der Waals surface area contributed by atoms with Crippen molar-refractivity contribution < 1.29 is 8.83 Å². The molecule has 5 heteroatoms. The Morgan fingerprint density at radius 1 is 0.534 bits per heavy atom. The third-order valence-corrected chi connectivity index (χ3v) is 14.7. The zero-order valence-corrected chi connectivity index (χ0v) is 33.8. The highest BCUT2D eigenvalue weighted by Gasteiger charge is 2.51. The third-order valence-electron chi connectivity index (χ3n) is 14.7. The van der Waals surface area contributed by atoms with Crippen LogP contribution in [0.2, 0.25) is 0 Å². The molecule has 1 aliphatic carbocycles. The minimum Gasteiger partial charge on any atom is -0.456 e. The SMILES string of the molecule is CC1(C)CCC(C)(C)c2cc(N3B4c5cccc6c5N(c5ccccc5C6(C)C)c5cc6c(oc7ccccc76)c(c54)-c4ccc5oc6ccccc6c5c43)ccc21. The first-order valence-electron chi connectivity index (χ1n) is 20.9. The number of fused-ring (bicyclic) bond motifs is 15. The molecule has 2 aromatic heterocycles. The average Bonchev–Trinajstić information content (AvgIpc) is 3.80. The fourth-order valence-electron chi connectivity index (χ4n) is 11.6. The fraction of sp³-hybridized carbons (Fsp3) is 0.208. The van der Waals surface area contributed by atoms with Gasteiger partial charge in [0.1, 0.15) is 22.3 Å². The van der Waals surface area contributed by atoms with Crippen molar-refractivity contribution in [3.8, 4) is 11.1 Å². The fourth-order valence-corrected chi connectivity index (χ4v) is 11.6. The van der Waals surface area contributed by atoms with Crippen LogP contribution in [0.3, 0.4) is 0 Å². The van der Waals surface area contributed by atoms with Crippen molar-refractivity contribution in [2.75, 3.05) is 9.71 Å². The number of para-hydroxylation sites is 4. The van der Waals surface area contributed by atoms with Crippen molar-refractivity contribution in [3.63, 3.8) is 0 Å². The molecule has 7 aromatic carbocycles. The van der Waals surface area contributed by atoms with Gasteiger partial charge in [0.25, 0.3) is 0 Å². The Hall–Kier alpha value is -6.20. The third kappa shape index (κ3) is 3.93. The number of anilines is 5. The van der Waals surface area contributed by atoms with E-state index >= 15 is 0 Å². The minimum atomic E-state index is -0.210. The molecule has 0 radical (unpaired) electrons. The highest BCUT2D eigenvalue weighted by Crippen LogP contribution is 2.58. The lowest BCUT2D eigenvalue weighted by molar-refractivity contribution is 0.332. The maximum Gasteiger partial charge on any atom is 0.333 e. The van der Waals surface area contributed by atoms with Crippen molar-refractivity contribution in [3.05, 3.63) is 150 Å². The van der Waals surface area contributed by atoms with Crippen LogP contribution in [0.1, 0.15) is 76.6 Å². The molecule has 0 bridgehead atoms. The molecule has 0 atom stereocenters. The molecule has 0 N–H and O–H groups in total. The topological polar surface area (TPSA) is 32.8 Å². The molecule has 280 valence electrons. The summed E-state index contributed by atoms with van der Waals surface area (Å²) in [4.78, 5) is 5.29. The Labute approximate surface area is 338 Å². The predicted octanol–water partition coefficient (Wildman–Crippen LogP) is 13.2. The zero-order chi connectivity index (χ0) is 39.0. The van der Waals surface area contributed by atoms with E-state index < -0.39 is 0 Å². The number of hydrogen-bond donors (Lipinski definition) is 0. The summed E-state index contributed by atoms with van der Waals surface area (Å²) < 4.78 is 13.8. The molecular formula is C53H43BN2O2. The molecular weight excluding hydrogens is 707 g/mol. The molecule has 0 saturated heterocycles. The van der Waals surface area contributed by atoms with Crippen molar-refractivity contribution in [2.45, 2.75) is 70.6 Å². The van der Waals surface area contributed by atoms with Crippen LogP contribution >= 0.6 is 0 Å². The summed E-state index contributed by atoms with van der Waals surface area (Å²) in [5.74, 6) is 0. The van der Waals surface area contributed by atoms with Crippen molar-refractivity contribution in [1.82, 2.24) is 0 Å². The van der Waals surface area contributed by atoms with E-state index in [2.05, 4.69) is 179 Å². The van der Waals surface area contributed by atoms with E-state index in [1.165, 1.54) is 79.2 Å². The first kappa shape index (κ1) is 32.8. The molecule has 0 saturated carbocycles. The lowest BCUT2D eigenvalue weighted by atomic mass is 9.42. The second kappa shape index (κ2) is 10.6. The van der Waals surface area contributed by atoms with Gasteiger partial charge in [0.2, 0.25) is 0 Å². The van der Waals surface area contributed by atoms with E-state index in [4.69, 9.17) is 8.83 Å². The summed E-state index contributed by atoms with van der Waals surface area (Å²) in [6.07, 6.45) is 2.33. The summed E-state index contributed by atoms with van der Waals surface area (Å²) in [5, 5.41) is 4.54. The Morgan fingerprint density at radius 3 is 2.07 bits per heavy atom. The number of benzene rings is 7. The lowest BCUT2D eigenvalue weighted by Gasteiger charge is -2.50. The second-order valence-electron chi connectivity index (χ2n) is 19.1. The lowest BCUT2D eigenvalue weighted by Crippen LogP contribution is -2.62. The van der Waals surface area contributed by atoms with Gasteiger partial charge in [-0.1, -0.05) is 120 Å². The minimum absolute atomic E-state index is 0.0420. The van der Waals surface area contributed by atoms with Crippen molar-refractivity contribution >= 4 is 90.1 Å². The molecule has 0 amide bonds.